The average molecular weight is 288 g/mol. The van der Waals surface area contributed by atoms with Crippen LogP contribution in [0, 0.1) is 0 Å². The second-order valence-corrected chi connectivity index (χ2v) is 4.49. The third kappa shape index (κ3) is 3.07. The van der Waals surface area contributed by atoms with Gasteiger partial charge < -0.3 is 15.2 Å². The first-order chi connectivity index (χ1) is 10.0. The molecule has 0 aliphatic carbocycles. The van der Waals surface area contributed by atoms with Crippen molar-refractivity contribution in [3.8, 4) is 0 Å². The molecule has 1 heterocycles. The van der Waals surface area contributed by atoms with Crippen LogP contribution in [0.25, 0.3) is 10.8 Å². The Balaban J connectivity index is 2.50. The lowest BCUT2D eigenvalue weighted by molar-refractivity contribution is -0.255. The fourth-order valence-electron chi connectivity index (χ4n) is 1.95. The molecule has 2 aromatic rings. The fraction of sp³-hybridized carbons (Fsp3) is 0.286. The number of aromatic nitrogens is 2. The zero-order chi connectivity index (χ0) is 15.4. The zero-order valence-electron chi connectivity index (χ0n) is 11.5. The molecule has 21 heavy (non-hydrogen) atoms. The normalized spacial score (nSPS) is 10.5. The number of hydrogen-bond donors (Lipinski definition) is 1. The number of nitrogens with one attached hydrogen (secondary N) is 1. The van der Waals surface area contributed by atoms with Gasteiger partial charge in [-0.25, -0.2) is 4.68 Å². The Labute approximate surface area is 120 Å². The lowest BCUT2D eigenvalue weighted by Gasteiger charge is -2.11. The van der Waals surface area contributed by atoms with Crippen LogP contribution in [0.2, 0.25) is 0 Å². The van der Waals surface area contributed by atoms with E-state index in [1.807, 2.05) is 6.92 Å². The van der Waals surface area contributed by atoms with Crippen LogP contribution in [-0.2, 0) is 11.3 Å². The van der Waals surface area contributed by atoms with Crippen molar-refractivity contribution in [1.82, 2.24) is 15.1 Å². The second kappa shape index (κ2) is 6.17. The highest BCUT2D eigenvalue weighted by molar-refractivity contribution is 6.00. The van der Waals surface area contributed by atoms with Crippen LogP contribution in [-0.4, -0.2) is 28.2 Å². The van der Waals surface area contributed by atoms with Crippen molar-refractivity contribution in [2.45, 2.75) is 19.9 Å². The number of nitrogens with zero attached hydrogens (tertiary/aromatic N) is 2. The molecule has 1 aromatic heterocycles. The van der Waals surface area contributed by atoms with Crippen molar-refractivity contribution in [2.75, 3.05) is 6.54 Å². The second-order valence-electron chi connectivity index (χ2n) is 4.49. The van der Waals surface area contributed by atoms with Crippen molar-refractivity contribution in [3.05, 3.63) is 40.3 Å². The minimum Gasteiger partial charge on any atom is -0.543 e. The molecule has 7 heteroatoms. The first-order valence-corrected chi connectivity index (χ1v) is 6.52. The van der Waals surface area contributed by atoms with E-state index in [1.54, 1.807) is 12.1 Å². The molecule has 0 unspecified atom stereocenters. The van der Waals surface area contributed by atoms with Gasteiger partial charge in [0.25, 0.3) is 5.56 Å². The summed E-state index contributed by atoms with van der Waals surface area (Å²) in [5.41, 5.74) is -0.865. The molecule has 7 nitrogen and oxygen atoms in total. The summed E-state index contributed by atoms with van der Waals surface area (Å²) in [6.45, 7) is 2.05. The third-order valence-corrected chi connectivity index (χ3v) is 2.93. The van der Waals surface area contributed by atoms with E-state index in [1.165, 1.54) is 12.1 Å². The monoisotopic (exact) mass is 288 g/mol. The highest BCUT2D eigenvalue weighted by atomic mass is 16.4. The van der Waals surface area contributed by atoms with Gasteiger partial charge in [-0.15, -0.1) is 0 Å². The SMILES string of the molecule is CCCNC(=O)Cn1nc(C(=O)[O-])c2ccccc2c1=O. The van der Waals surface area contributed by atoms with Crippen LogP contribution in [0.4, 0.5) is 0 Å². The molecule has 0 radical (unpaired) electrons. The number of hydrogen-bond acceptors (Lipinski definition) is 5. The van der Waals surface area contributed by atoms with E-state index < -0.39 is 17.4 Å². The lowest BCUT2D eigenvalue weighted by atomic mass is 10.1. The molecule has 0 atom stereocenters. The highest BCUT2D eigenvalue weighted by Crippen LogP contribution is 2.12. The zero-order valence-corrected chi connectivity index (χ0v) is 11.5. The van der Waals surface area contributed by atoms with E-state index in [0.717, 1.165) is 11.1 Å². The number of amides is 1. The molecular weight excluding hydrogens is 274 g/mol. The van der Waals surface area contributed by atoms with E-state index in [9.17, 15) is 19.5 Å². The van der Waals surface area contributed by atoms with Crippen LogP contribution >= 0.6 is 0 Å². The number of carbonyl (C=O) groups excluding carboxylic acids is 2. The summed E-state index contributed by atoms with van der Waals surface area (Å²) >= 11 is 0. The largest absolute Gasteiger partial charge is 0.543 e. The van der Waals surface area contributed by atoms with Gasteiger partial charge in [0, 0.05) is 11.9 Å². The Bertz CT molecular complexity index is 751. The first-order valence-electron chi connectivity index (χ1n) is 6.52. The van der Waals surface area contributed by atoms with Crippen molar-refractivity contribution in [2.24, 2.45) is 0 Å². The smallest absolute Gasteiger partial charge is 0.275 e. The van der Waals surface area contributed by atoms with Crippen LogP contribution in [0.15, 0.2) is 29.1 Å². The summed E-state index contributed by atoms with van der Waals surface area (Å²) < 4.78 is 0.846. The lowest BCUT2D eigenvalue weighted by Crippen LogP contribution is -2.36. The summed E-state index contributed by atoms with van der Waals surface area (Å²) in [6.07, 6.45) is 0.760. The first kappa shape index (κ1) is 14.7. The predicted octanol–water partition coefficient (Wildman–Crippen LogP) is -0.714. The molecule has 0 bridgehead atoms. The maximum Gasteiger partial charge on any atom is 0.275 e. The molecule has 0 saturated heterocycles. The molecule has 0 fully saturated rings. The average Bonchev–Trinajstić information content (AvgIpc) is 2.47. The van der Waals surface area contributed by atoms with Crippen LogP contribution in [0.5, 0.6) is 0 Å². The Morgan fingerprint density at radius 2 is 1.95 bits per heavy atom. The third-order valence-electron chi connectivity index (χ3n) is 2.93. The molecule has 0 spiro atoms. The predicted molar refractivity (Wildman–Crippen MR) is 73.6 cm³/mol. The van der Waals surface area contributed by atoms with Gasteiger partial charge >= 0.3 is 0 Å². The van der Waals surface area contributed by atoms with E-state index in [2.05, 4.69) is 10.4 Å². The van der Waals surface area contributed by atoms with Crippen LogP contribution in [0.1, 0.15) is 23.8 Å². The number of carboxylic acid groups (broad SMARTS) is 1. The van der Waals surface area contributed by atoms with Gasteiger partial charge in [-0.1, -0.05) is 25.1 Å². The molecule has 0 aliphatic heterocycles. The van der Waals surface area contributed by atoms with Crippen LogP contribution < -0.4 is 16.0 Å². The summed E-state index contributed by atoms with van der Waals surface area (Å²) in [5, 5.41) is 17.9. The van der Waals surface area contributed by atoms with E-state index in [4.69, 9.17) is 0 Å². The molecule has 1 amide bonds. The fourth-order valence-corrected chi connectivity index (χ4v) is 1.95. The number of carboxylic acids is 1. The maximum atomic E-state index is 12.2. The van der Waals surface area contributed by atoms with E-state index in [0.29, 0.717) is 6.54 Å². The summed E-state index contributed by atoms with van der Waals surface area (Å²) in [7, 11) is 0. The van der Waals surface area contributed by atoms with Crippen molar-refractivity contribution in [3.63, 3.8) is 0 Å². The summed E-state index contributed by atoms with van der Waals surface area (Å²) in [5.74, 6) is -1.89. The summed E-state index contributed by atoms with van der Waals surface area (Å²) in [4.78, 5) is 35.0. The van der Waals surface area contributed by atoms with E-state index in [-0.39, 0.29) is 23.0 Å². The molecule has 110 valence electrons. The van der Waals surface area contributed by atoms with Crippen LogP contribution in [0.3, 0.4) is 0 Å². The number of carbonyl (C=O) groups is 2. The molecule has 0 aliphatic rings. The molecular formula is C14H14N3O4-. The Morgan fingerprint density at radius 3 is 2.57 bits per heavy atom. The van der Waals surface area contributed by atoms with Gasteiger partial charge in [-0.2, -0.15) is 5.10 Å². The Morgan fingerprint density at radius 1 is 1.29 bits per heavy atom. The van der Waals surface area contributed by atoms with Crippen molar-refractivity contribution in [1.29, 1.82) is 0 Å². The van der Waals surface area contributed by atoms with Gasteiger partial charge in [-0.3, -0.25) is 9.59 Å². The minimum atomic E-state index is -1.49. The minimum absolute atomic E-state index is 0.190. The van der Waals surface area contributed by atoms with Gasteiger partial charge in [0.05, 0.1) is 11.4 Å². The van der Waals surface area contributed by atoms with Gasteiger partial charge in [0.15, 0.2) is 0 Å². The number of benzene rings is 1. The molecule has 1 N–H and O–H groups in total. The van der Waals surface area contributed by atoms with Crippen molar-refractivity contribution < 1.29 is 14.7 Å². The standard InChI is InChI=1S/C14H15N3O4/c1-2-7-15-11(18)8-17-13(19)10-6-4-3-5-9(10)12(16-17)14(20)21/h3-6H,2,7-8H2,1H3,(H,15,18)(H,20,21)/p-1. The maximum absolute atomic E-state index is 12.2. The highest BCUT2D eigenvalue weighted by Gasteiger charge is 2.13. The Kier molecular flexibility index (Phi) is 4.32. The Hall–Kier alpha value is -2.70. The van der Waals surface area contributed by atoms with Gasteiger partial charge in [-0.05, 0) is 12.5 Å². The molecule has 0 saturated carbocycles. The molecule has 1 aromatic carbocycles. The van der Waals surface area contributed by atoms with Gasteiger partial charge in [0.1, 0.15) is 12.2 Å². The number of rotatable bonds is 5. The summed E-state index contributed by atoms with van der Waals surface area (Å²) in [6, 6.07) is 6.20. The van der Waals surface area contributed by atoms with Gasteiger partial charge in [0.2, 0.25) is 5.91 Å². The topological polar surface area (TPSA) is 104 Å². The number of aromatic carboxylic acids is 1. The van der Waals surface area contributed by atoms with E-state index >= 15 is 0 Å². The van der Waals surface area contributed by atoms with Crippen molar-refractivity contribution >= 4 is 22.6 Å². The molecule has 2 rings (SSSR count). The number of fused-ring (bicyclic) bond motifs is 1. The quantitative estimate of drug-likeness (QED) is 0.782.